The Balaban J connectivity index is 2.10. The molecule has 2 amide bonds. The summed E-state index contributed by atoms with van der Waals surface area (Å²) in [6.07, 6.45) is 1.20. The van der Waals surface area contributed by atoms with Crippen LogP contribution < -0.4 is 4.90 Å². The minimum atomic E-state index is -1.78. The summed E-state index contributed by atoms with van der Waals surface area (Å²) in [6.45, 7) is 0. The quantitative estimate of drug-likeness (QED) is 0.577. The van der Waals surface area contributed by atoms with Gasteiger partial charge in [-0.1, -0.05) is 46.9 Å². The number of hydrogen-bond acceptors (Lipinski definition) is 4. The van der Waals surface area contributed by atoms with Gasteiger partial charge in [-0.25, -0.2) is 14.9 Å². The zero-order chi connectivity index (χ0) is 16.8. The molecule has 1 aromatic heterocycles. The van der Waals surface area contributed by atoms with E-state index in [0.717, 1.165) is 4.90 Å². The lowest BCUT2D eigenvalue weighted by Gasteiger charge is -2.17. The third-order valence-electron chi connectivity index (χ3n) is 3.25. The van der Waals surface area contributed by atoms with Crippen molar-refractivity contribution in [3.05, 3.63) is 53.0 Å². The number of fused-ring (bicyclic) bond motifs is 1. The molecule has 3 rings (SSSR count). The standard InChI is InChI=1S/C14H7Cl4N3O2/c15-5-9-11(19-6-10(20-9)14(16,17)18)21-12(22)7-3-1-2-4-8(7)13(21)23/h1-4,6H,5H2. The maximum atomic E-state index is 12.5. The van der Waals surface area contributed by atoms with Crippen molar-refractivity contribution in [2.75, 3.05) is 4.90 Å². The zero-order valence-electron chi connectivity index (χ0n) is 11.3. The predicted molar refractivity (Wildman–Crippen MR) is 88.4 cm³/mol. The number of anilines is 1. The van der Waals surface area contributed by atoms with Crippen LogP contribution in [0.15, 0.2) is 30.5 Å². The SMILES string of the molecule is O=C1c2ccccc2C(=O)N1c1ncc(C(Cl)(Cl)Cl)nc1CCl. The van der Waals surface area contributed by atoms with Gasteiger partial charge in [0.25, 0.3) is 11.8 Å². The van der Waals surface area contributed by atoms with E-state index in [0.29, 0.717) is 11.1 Å². The molecule has 0 bridgehead atoms. The first kappa shape index (κ1) is 16.5. The Kier molecular flexibility index (Phi) is 4.23. The number of carbonyl (C=O) groups is 2. The van der Waals surface area contributed by atoms with Gasteiger partial charge in [-0.15, -0.1) is 11.6 Å². The molecule has 0 radical (unpaired) electrons. The van der Waals surface area contributed by atoms with Gasteiger partial charge in [0.05, 0.1) is 28.9 Å². The van der Waals surface area contributed by atoms with Crippen molar-refractivity contribution >= 4 is 64.0 Å². The molecule has 2 heterocycles. The fourth-order valence-electron chi connectivity index (χ4n) is 2.22. The van der Waals surface area contributed by atoms with Crippen LogP contribution in [0.3, 0.4) is 0 Å². The number of imide groups is 1. The number of halogens is 4. The summed E-state index contributed by atoms with van der Waals surface area (Å²) >= 11 is 23.2. The third kappa shape index (κ3) is 2.78. The van der Waals surface area contributed by atoms with Gasteiger partial charge in [-0.3, -0.25) is 9.59 Å². The lowest BCUT2D eigenvalue weighted by Crippen LogP contribution is -2.31. The van der Waals surface area contributed by atoms with E-state index in [1.54, 1.807) is 24.3 Å². The van der Waals surface area contributed by atoms with E-state index in [1.807, 2.05) is 0 Å². The van der Waals surface area contributed by atoms with Crippen LogP contribution in [-0.4, -0.2) is 21.8 Å². The lowest BCUT2D eigenvalue weighted by molar-refractivity contribution is 0.0924. The number of amides is 2. The minimum Gasteiger partial charge on any atom is -0.268 e. The van der Waals surface area contributed by atoms with Crippen LogP contribution in [0, 0.1) is 0 Å². The average molecular weight is 391 g/mol. The summed E-state index contributed by atoms with van der Waals surface area (Å²) < 4.78 is -1.78. The molecule has 0 saturated carbocycles. The Labute approximate surface area is 151 Å². The van der Waals surface area contributed by atoms with E-state index in [-0.39, 0.29) is 23.1 Å². The van der Waals surface area contributed by atoms with Gasteiger partial charge in [0, 0.05) is 0 Å². The molecule has 0 fully saturated rings. The van der Waals surface area contributed by atoms with Crippen LogP contribution in [0.1, 0.15) is 32.1 Å². The molecule has 0 atom stereocenters. The number of carbonyl (C=O) groups excluding carboxylic acids is 2. The molecule has 118 valence electrons. The molecule has 0 unspecified atom stereocenters. The molecule has 23 heavy (non-hydrogen) atoms. The van der Waals surface area contributed by atoms with Crippen LogP contribution in [0.5, 0.6) is 0 Å². The summed E-state index contributed by atoms with van der Waals surface area (Å²) in [6, 6.07) is 6.49. The molecule has 1 aromatic carbocycles. The molecular formula is C14H7Cl4N3O2. The fraction of sp³-hybridized carbons (Fsp3) is 0.143. The highest BCUT2D eigenvalue weighted by Gasteiger charge is 2.39. The number of benzene rings is 1. The molecule has 1 aliphatic heterocycles. The first-order valence-electron chi connectivity index (χ1n) is 6.31. The Morgan fingerprint density at radius 1 is 1.04 bits per heavy atom. The summed E-state index contributed by atoms with van der Waals surface area (Å²) in [4.78, 5) is 34.0. The van der Waals surface area contributed by atoms with Gasteiger partial charge in [0.1, 0.15) is 5.69 Å². The van der Waals surface area contributed by atoms with Crippen LogP contribution >= 0.6 is 46.4 Å². The van der Waals surface area contributed by atoms with Gasteiger partial charge in [0.15, 0.2) is 5.82 Å². The van der Waals surface area contributed by atoms with Crippen molar-refractivity contribution < 1.29 is 9.59 Å². The Hall–Kier alpha value is -1.40. The van der Waals surface area contributed by atoms with E-state index in [4.69, 9.17) is 46.4 Å². The second-order valence-electron chi connectivity index (χ2n) is 4.65. The van der Waals surface area contributed by atoms with Gasteiger partial charge in [0.2, 0.25) is 3.79 Å². The summed E-state index contributed by atoms with van der Waals surface area (Å²) in [7, 11) is 0. The van der Waals surface area contributed by atoms with Gasteiger partial charge in [-0.2, -0.15) is 0 Å². The predicted octanol–water partition coefficient (Wildman–Crippen LogP) is 3.84. The number of aromatic nitrogens is 2. The average Bonchev–Trinajstić information content (AvgIpc) is 2.78. The molecule has 2 aromatic rings. The zero-order valence-corrected chi connectivity index (χ0v) is 14.3. The first-order valence-corrected chi connectivity index (χ1v) is 7.98. The lowest BCUT2D eigenvalue weighted by atomic mass is 10.1. The second kappa shape index (κ2) is 5.91. The number of alkyl halides is 4. The van der Waals surface area contributed by atoms with Crippen molar-refractivity contribution in [3.63, 3.8) is 0 Å². The molecule has 1 aliphatic rings. The first-order chi connectivity index (χ1) is 10.8. The maximum Gasteiger partial charge on any atom is 0.267 e. The van der Waals surface area contributed by atoms with Crippen molar-refractivity contribution in [2.45, 2.75) is 9.67 Å². The van der Waals surface area contributed by atoms with E-state index in [1.165, 1.54) is 6.20 Å². The van der Waals surface area contributed by atoms with Crippen LogP contribution in [-0.2, 0) is 9.67 Å². The Morgan fingerprint density at radius 3 is 2.09 bits per heavy atom. The summed E-state index contributed by atoms with van der Waals surface area (Å²) in [5.74, 6) is -1.06. The minimum absolute atomic E-state index is 0.0317. The second-order valence-corrected chi connectivity index (χ2v) is 7.20. The van der Waals surface area contributed by atoms with Crippen molar-refractivity contribution in [1.82, 2.24) is 9.97 Å². The normalized spacial score (nSPS) is 14.3. The summed E-state index contributed by atoms with van der Waals surface area (Å²) in [5.41, 5.74) is 0.819. The van der Waals surface area contributed by atoms with Crippen molar-refractivity contribution in [1.29, 1.82) is 0 Å². The fourth-order valence-corrected chi connectivity index (χ4v) is 2.67. The van der Waals surface area contributed by atoms with Crippen LogP contribution in [0.4, 0.5) is 5.82 Å². The number of nitrogens with zero attached hydrogens (tertiary/aromatic N) is 3. The molecule has 9 heteroatoms. The van der Waals surface area contributed by atoms with Crippen LogP contribution in [0.25, 0.3) is 0 Å². The molecule has 0 aliphatic carbocycles. The molecule has 0 spiro atoms. The van der Waals surface area contributed by atoms with E-state index in [9.17, 15) is 9.59 Å². The van der Waals surface area contributed by atoms with Gasteiger partial charge in [-0.05, 0) is 12.1 Å². The van der Waals surface area contributed by atoms with Gasteiger partial charge < -0.3 is 0 Å². The monoisotopic (exact) mass is 389 g/mol. The van der Waals surface area contributed by atoms with Crippen LogP contribution in [0.2, 0.25) is 0 Å². The van der Waals surface area contributed by atoms with Crippen molar-refractivity contribution in [3.8, 4) is 0 Å². The Morgan fingerprint density at radius 2 is 1.61 bits per heavy atom. The number of hydrogen-bond donors (Lipinski definition) is 0. The van der Waals surface area contributed by atoms with E-state index < -0.39 is 15.6 Å². The largest absolute Gasteiger partial charge is 0.268 e. The highest BCUT2D eigenvalue weighted by molar-refractivity contribution is 6.66. The molecule has 5 nitrogen and oxygen atoms in total. The molecule has 0 N–H and O–H groups in total. The molecular weight excluding hydrogens is 384 g/mol. The smallest absolute Gasteiger partial charge is 0.267 e. The Bertz CT molecular complexity index is 785. The van der Waals surface area contributed by atoms with E-state index in [2.05, 4.69) is 9.97 Å². The third-order valence-corrected chi connectivity index (χ3v) is 4.08. The maximum absolute atomic E-state index is 12.5. The van der Waals surface area contributed by atoms with Gasteiger partial charge >= 0.3 is 0 Å². The molecule has 0 saturated heterocycles. The highest BCUT2D eigenvalue weighted by Crippen LogP contribution is 2.38. The topological polar surface area (TPSA) is 63.2 Å². The summed E-state index contributed by atoms with van der Waals surface area (Å²) in [5, 5.41) is 0. The number of rotatable bonds is 2. The van der Waals surface area contributed by atoms with E-state index >= 15 is 0 Å². The van der Waals surface area contributed by atoms with Crippen molar-refractivity contribution in [2.24, 2.45) is 0 Å². The highest BCUT2D eigenvalue weighted by atomic mass is 35.6.